The third-order valence-electron chi connectivity index (χ3n) is 7.18. The topological polar surface area (TPSA) is 35.1 Å². The van der Waals surface area contributed by atoms with Crippen LogP contribution in [0.5, 0.6) is 0 Å². The molecule has 5 heteroatoms. The molecule has 4 nitrogen and oxygen atoms in total. The van der Waals surface area contributed by atoms with Crippen molar-refractivity contribution in [3.63, 3.8) is 0 Å². The summed E-state index contributed by atoms with van der Waals surface area (Å²) < 4.78 is 10.6. The summed E-state index contributed by atoms with van der Waals surface area (Å²) in [6, 6.07) is 8.00. The van der Waals surface area contributed by atoms with Gasteiger partial charge >= 0.3 is 5.97 Å². The van der Waals surface area contributed by atoms with E-state index in [4.69, 9.17) is 16.3 Å². The van der Waals surface area contributed by atoms with E-state index < -0.39 is 0 Å². The molecule has 31 heavy (non-hydrogen) atoms. The summed E-state index contributed by atoms with van der Waals surface area (Å²) in [4.78, 5) is 13.0. The first-order chi connectivity index (χ1) is 14.9. The number of hydrogen-bond donors (Lipinski definition) is 0. The number of nitrogens with zero attached hydrogens (tertiary/aromatic N) is 2. The van der Waals surface area contributed by atoms with Gasteiger partial charge in [0, 0.05) is 17.0 Å². The van der Waals surface area contributed by atoms with Gasteiger partial charge in [-0.15, -0.1) is 0 Å². The lowest BCUT2D eigenvalue weighted by molar-refractivity contribution is -0.692. The predicted molar refractivity (Wildman–Crippen MR) is 124 cm³/mol. The highest BCUT2D eigenvalue weighted by Crippen LogP contribution is 2.35. The van der Waals surface area contributed by atoms with Crippen LogP contribution in [-0.4, -0.2) is 16.6 Å². The molecule has 0 unspecified atom stereocenters. The first-order valence-electron chi connectivity index (χ1n) is 12.0. The molecule has 0 amide bonds. The first-order valence-corrected chi connectivity index (χ1v) is 12.4. The van der Waals surface area contributed by atoms with Crippen LogP contribution in [-0.2, 0) is 29.0 Å². The Balaban J connectivity index is 1.56. The second-order valence-electron chi connectivity index (χ2n) is 9.88. The molecule has 1 aromatic heterocycles. The number of carbonyl (C=O) groups is 1. The third kappa shape index (κ3) is 5.16. The summed E-state index contributed by atoms with van der Waals surface area (Å²) in [7, 11) is 0. The Bertz CT molecular complexity index is 903. The van der Waals surface area contributed by atoms with Crippen molar-refractivity contribution in [2.45, 2.75) is 84.9 Å². The van der Waals surface area contributed by atoms with Crippen molar-refractivity contribution in [2.75, 3.05) is 0 Å². The molecule has 1 aliphatic heterocycles. The average molecular weight is 444 g/mol. The minimum atomic E-state index is -0.102. The molecule has 1 aromatic carbocycles. The standard InChI is InChI=1S/C26H36ClN2O2/c1-18(2)22-13-8-19(3)15-24(22)31-26(30)17-28-16-23(20-9-11-21(27)12-10-20)29-14-6-4-5-7-25(28)29/h9-12,16,18-19,22,24H,4-8,13-15,17H2,1-3H3/q+1/t19-,22+,24-/m0/s1. The monoisotopic (exact) mass is 443 g/mol. The summed E-state index contributed by atoms with van der Waals surface area (Å²) in [6.45, 7) is 8.06. The number of carbonyl (C=O) groups excluding carboxylic acids is 1. The van der Waals surface area contributed by atoms with E-state index in [1.54, 1.807) is 0 Å². The van der Waals surface area contributed by atoms with Crippen LogP contribution < -0.4 is 4.57 Å². The highest BCUT2D eigenvalue weighted by molar-refractivity contribution is 6.30. The van der Waals surface area contributed by atoms with E-state index >= 15 is 0 Å². The van der Waals surface area contributed by atoms with Crippen LogP contribution in [0, 0.1) is 17.8 Å². The zero-order valence-corrected chi connectivity index (χ0v) is 19.9. The number of benzene rings is 1. The van der Waals surface area contributed by atoms with Crippen molar-refractivity contribution in [3.8, 4) is 11.3 Å². The van der Waals surface area contributed by atoms with Gasteiger partial charge in [0.2, 0.25) is 0 Å². The molecule has 1 saturated carbocycles. The Morgan fingerprint density at radius 1 is 1.19 bits per heavy atom. The van der Waals surface area contributed by atoms with Crippen molar-refractivity contribution >= 4 is 17.6 Å². The summed E-state index contributed by atoms with van der Waals surface area (Å²) in [5, 5.41) is 0.740. The van der Waals surface area contributed by atoms with Crippen molar-refractivity contribution < 1.29 is 14.1 Å². The van der Waals surface area contributed by atoms with Gasteiger partial charge in [-0.2, -0.15) is 0 Å². The number of esters is 1. The second kappa shape index (κ2) is 9.77. The minimum absolute atomic E-state index is 0.0498. The van der Waals surface area contributed by atoms with Crippen LogP contribution in [0.2, 0.25) is 5.02 Å². The molecule has 0 N–H and O–H groups in total. The number of hydrogen-bond acceptors (Lipinski definition) is 2. The van der Waals surface area contributed by atoms with Gasteiger partial charge in [0.15, 0.2) is 12.2 Å². The largest absolute Gasteiger partial charge is 0.459 e. The van der Waals surface area contributed by atoms with Crippen molar-refractivity contribution in [2.24, 2.45) is 17.8 Å². The molecule has 2 aliphatic rings. The second-order valence-corrected chi connectivity index (χ2v) is 10.3. The van der Waals surface area contributed by atoms with Gasteiger partial charge in [0.1, 0.15) is 12.3 Å². The lowest BCUT2D eigenvalue weighted by Crippen LogP contribution is -2.44. The fourth-order valence-electron chi connectivity index (χ4n) is 5.43. The van der Waals surface area contributed by atoms with E-state index in [1.807, 2.05) is 12.1 Å². The maximum Gasteiger partial charge on any atom is 0.348 e. The molecular weight excluding hydrogens is 408 g/mol. The summed E-state index contributed by atoms with van der Waals surface area (Å²) in [5.41, 5.74) is 2.30. The van der Waals surface area contributed by atoms with Gasteiger partial charge in [-0.05, 0) is 74.1 Å². The summed E-state index contributed by atoms with van der Waals surface area (Å²) >= 11 is 6.11. The molecule has 1 fully saturated rings. The Morgan fingerprint density at radius 3 is 2.71 bits per heavy atom. The highest BCUT2D eigenvalue weighted by atomic mass is 35.5. The van der Waals surface area contributed by atoms with E-state index in [0.717, 1.165) is 48.5 Å². The number of ether oxygens (including phenoxy) is 1. The molecule has 0 radical (unpaired) electrons. The highest BCUT2D eigenvalue weighted by Gasteiger charge is 2.34. The van der Waals surface area contributed by atoms with E-state index in [0.29, 0.717) is 24.3 Å². The van der Waals surface area contributed by atoms with Crippen LogP contribution in [0.4, 0.5) is 0 Å². The molecular formula is C26H36ClN2O2+. The van der Waals surface area contributed by atoms with Crippen LogP contribution >= 0.6 is 11.6 Å². The van der Waals surface area contributed by atoms with Gasteiger partial charge in [0.05, 0.1) is 6.54 Å². The molecule has 2 heterocycles. The average Bonchev–Trinajstić information content (AvgIpc) is 2.89. The normalized spacial score (nSPS) is 24.0. The fourth-order valence-corrected chi connectivity index (χ4v) is 5.55. The van der Waals surface area contributed by atoms with E-state index in [9.17, 15) is 4.79 Å². The van der Waals surface area contributed by atoms with Crippen LogP contribution in [0.3, 0.4) is 0 Å². The Morgan fingerprint density at radius 2 is 1.97 bits per heavy atom. The fraction of sp³-hybridized carbons (Fsp3) is 0.615. The van der Waals surface area contributed by atoms with Gasteiger partial charge < -0.3 is 4.74 Å². The number of rotatable bonds is 5. The van der Waals surface area contributed by atoms with Gasteiger partial charge in [-0.25, -0.2) is 13.9 Å². The smallest absolute Gasteiger partial charge is 0.348 e. The zero-order chi connectivity index (χ0) is 22.0. The Hall–Kier alpha value is -1.81. The van der Waals surface area contributed by atoms with Crippen LogP contribution in [0.1, 0.15) is 65.1 Å². The van der Waals surface area contributed by atoms with Crippen LogP contribution in [0.25, 0.3) is 11.3 Å². The van der Waals surface area contributed by atoms with E-state index in [2.05, 4.69) is 48.2 Å². The zero-order valence-electron chi connectivity index (χ0n) is 19.1. The molecule has 168 valence electrons. The number of aromatic nitrogens is 2. The van der Waals surface area contributed by atoms with Gasteiger partial charge in [0.25, 0.3) is 5.82 Å². The molecule has 4 rings (SSSR count). The number of fused-ring (bicyclic) bond motifs is 1. The molecule has 0 spiro atoms. The van der Waals surface area contributed by atoms with Crippen LogP contribution in [0.15, 0.2) is 30.5 Å². The molecule has 0 saturated heterocycles. The molecule has 3 atom stereocenters. The first kappa shape index (κ1) is 22.4. The number of halogens is 1. The maximum absolute atomic E-state index is 13.0. The lowest BCUT2D eigenvalue weighted by Gasteiger charge is -2.36. The van der Waals surface area contributed by atoms with Crippen molar-refractivity contribution in [3.05, 3.63) is 41.3 Å². The predicted octanol–water partition coefficient (Wildman–Crippen LogP) is 5.83. The molecule has 1 aliphatic carbocycles. The van der Waals surface area contributed by atoms with Gasteiger partial charge in [-0.3, -0.25) is 0 Å². The maximum atomic E-state index is 13.0. The van der Waals surface area contributed by atoms with Crippen molar-refractivity contribution in [1.29, 1.82) is 0 Å². The summed E-state index contributed by atoms with van der Waals surface area (Å²) in [5.74, 6) is 2.77. The quantitative estimate of drug-likeness (QED) is 0.430. The Kier molecular flexibility index (Phi) is 7.05. The molecule has 2 aromatic rings. The molecule has 0 bridgehead atoms. The van der Waals surface area contributed by atoms with Gasteiger partial charge in [-0.1, -0.05) is 38.8 Å². The van der Waals surface area contributed by atoms with Crippen molar-refractivity contribution in [1.82, 2.24) is 4.57 Å². The third-order valence-corrected chi connectivity index (χ3v) is 7.43. The number of imidazole rings is 1. The lowest BCUT2D eigenvalue weighted by atomic mass is 9.75. The van der Waals surface area contributed by atoms with E-state index in [1.165, 1.54) is 25.1 Å². The van der Waals surface area contributed by atoms with E-state index in [-0.39, 0.29) is 12.1 Å². The Labute approximate surface area is 191 Å². The SMILES string of the molecule is CC(C)[C@H]1CC[C@H](C)C[C@@H]1OC(=O)C[n+]1cc(-c2ccc(Cl)cc2)n2c1CCCCC2. The minimum Gasteiger partial charge on any atom is -0.459 e. The summed E-state index contributed by atoms with van der Waals surface area (Å²) in [6.07, 6.45) is 10.1.